The molecule has 0 bridgehead atoms. The van der Waals surface area contributed by atoms with Crippen molar-refractivity contribution in [3.8, 4) is 5.69 Å². The van der Waals surface area contributed by atoms with E-state index in [-0.39, 0.29) is 33.6 Å². The molecule has 2 aromatic carbocycles. The Morgan fingerprint density at radius 2 is 1.55 bits per heavy atom. The fourth-order valence-electron chi connectivity index (χ4n) is 2.54. The van der Waals surface area contributed by atoms with Gasteiger partial charge >= 0.3 is 18.0 Å². The molecule has 0 N–H and O–H groups in total. The van der Waals surface area contributed by atoms with Crippen molar-refractivity contribution < 1.29 is 31.3 Å². The third-order valence-electron chi connectivity index (χ3n) is 4.02. The summed E-state index contributed by atoms with van der Waals surface area (Å²) in [6.07, 6.45) is -10.2. The van der Waals surface area contributed by atoms with E-state index in [0.717, 1.165) is 12.1 Å². The number of nitrogens with zero attached hydrogens (tertiary/aromatic N) is 5. The number of hydrogen-bond acceptors (Lipinski definition) is 5. The van der Waals surface area contributed by atoms with Gasteiger partial charge in [-0.15, -0.1) is 0 Å². The maximum atomic E-state index is 13.0. The number of nitro benzene ring substituents is 1. The highest BCUT2D eigenvalue weighted by Crippen LogP contribution is 2.36. The zero-order chi connectivity index (χ0) is 23.1. The van der Waals surface area contributed by atoms with Crippen LogP contribution in [0.1, 0.15) is 16.7 Å². The quantitative estimate of drug-likeness (QED) is 0.327. The second kappa shape index (κ2) is 7.68. The molecule has 164 valence electrons. The molecule has 3 rings (SSSR count). The van der Waals surface area contributed by atoms with Crippen LogP contribution in [0.3, 0.4) is 0 Å². The molecule has 31 heavy (non-hydrogen) atoms. The van der Waals surface area contributed by atoms with Crippen LogP contribution in [0.4, 0.5) is 32.0 Å². The molecule has 0 unspecified atom stereocenters. The fourth-order valence-corrected chi connectivity index (χ4v) is 2.77. The molecular weight excluding hydrogens is 460 g/mol. The van der Waals surface area contributed by atoms with Crippen LogP contribution in [-0.2, 0) is 18.9 Å². The lowest BCUT2D eigenvalue weighted by atomic mass is 10.1. The van der Waals surface area contributed by atoms with Gasteiger partial charge in [0.25, 0.3) is 5.69 Å². The lowest BCUT2D eigenvalue weighted by Crippen LogP contribution is -2.25. The van der Waals surface area contributed by atoms with E-state index in [1.165, 1.54) is 6.07 Å². The van der Waals surface area contributed by atoms with E-state index in [4.69, 9.17) is 11.6 Å². The van der Waals surface area contributed by atoms with Gasteiger partial charge in [-0.2, -0.15) is 35.7 Å². The summed E-state index contributed by atoms with van der Waals surface area (Å²) in [7, 11) is 0. The Labute approximate surface area is 172 Å². The lowest BCUT2D eigenvalue weighted by Gasteiger charge is -2.13. The van der Waals surface area contributed by atoms with Crippen molar-refractivity contribution in [1.82, 2.24) is 19.8 Å². The van der Waals surface area contributed by atoms with Crippen molar-refractivity contribution in [3.63, 3.8) is 0 Å². The predicted molar refractivity (Wildman–Crippen MR) is 92.8 cm³/mol. The van der Waals surface area contributed by atoms with E-state index in [9.17, 15) is 41.3 Å². The Hall–Kier alpha value is -3.42. The van der Waals surface area contributed by atoms with Crippen LogP contribution in [-0.4, -0.2) is 24.7 Å². The minimum Gasteiger partial charge on any atom is -0.258 e. The molecule has 0 aliphatic heterocycles. The first-order valence-electron chi connectivity index (χ1n) is 8.03. The van der Waals surface area contributed by atoms with Gasteiger partial charge in [0.1, 0.15) is 0 Å². The van der Waals surface area contributed by atoms with Gasteiger partial charge in [0.05, 0.1) is 33.3 Å². The van der Waals surface area contributed by atoms with Crippen LogP contribution in [0.25, 0.3) is 5.69 Å². The van der Waals surface area contributed by atoms with Gasteiger partial charge < -0.3 is 0 Å². The first-order valence-corrected chi connectivity index (χ1v) is 8.40. The summed E-state index contributed by atoms with van der Waals surface area (Å²) < 4.78 is 79.0. The van der Waals surface area contributed by atoms with Crippen LogP contribution in [0.15, 0.2) is 41.2 Å². The van der Waals surface area contributed by atoms with Crippen molar-refractivity contribution in [3.05, 3.63) is 78.7 Å². The van der Waals surface area contributed by atoms with Crippen LogP contribution < -0.4 is 5.69 Å². The molecule has 0 aliphatic rings. The van der Waals surface area contributed by atoms with Gasteiger partial charge in [-0.25, -0.2) is 4.79 Å². The van der Waals surface area contributed by atoms with E-state index in [1.807, 2.05) is 0 Å². The Morgan fingerprint density at radius 1 is 0.968 bits per heavy atom. The summed E-state index contributed by atoms with van der Waals surface area (Å²) in [4.78, 5) is 22.5. The van der Waals surface area contributed by atoms with E-state index in [1.54, 1.807) is 0 Å². The number of hydrogen-bond donors (Lipinski definition) is 0. The number of halogens is 7. The van der Waals surface area contributed by atoms with Crippen molar-refractivity contribution in [1.29, 1.82) is 0 Å². The maximum absolute atomic E-state index is 13.0. The summed E-state index contributed by atoms with van der Waals surface area (Å²) in [5.41, 5.74) is -5.35. The Kier molecular flexibility index (Phi) is 5.52. The third kappa shape index (κ3) is 4.68. The summed E-state index contributed by atoms with van der Waals surface area (Å²) in [5, 5.41) is 17.4. The van der Waals surface area contributed by atoms with Gasteiger partial charge in [-0.1, -0.05) is 11.6 Å². The predicted octanol–water partition coefficient (Wildman–Crippen LogP) is 4.08. The molecule has 0 aliphatic carbocycles. The van der Waals surface area contributed by atoms with Crippen molar-refractivity contribution in [2.45, 2.75) is 18.9 Å². The molecule has 0 fully saturated rings. The van der Waals surface area contributed by atoms with Crippen LogP contribution in [0.5, 0.6) is 0 Å². The molecule has 15 heteroatoms. The van der Waals surface area contributed by atoms with E-state index >= 15 is 0 Å². The molecule has 0 amide bonds. The smallest absolute Gasteiger partial charge is 0.258 e. The molecule has 0 radical (unpaired) electrons. The minimum absolute atomic E-state index is 0.0877. The Bertz CT molecular complexity index is 1190. The Balaban J connectivity index is 2.04. The van der Waals surface area contributed by atoms with Crippen LogP contribution in [0.2, 0.25) is 5.02 Å². The largest absolute Gasteiger partial charge is 0.416 e. The van der Waals surface area contributed by atoms with Crippen LogP contribution in [0, 0.1) is 10.1 Å². The zero-order valence-corrected chi connectivity index (χ0v) is 15.5. The topological polar surface area (TPSA) is 95.8 Å². The summed E-state index contributed by atoms with van der Waals surface area (Å²) in [6.45, 7) is -0.388. The normalized spacial score (nSPS) is 12.2. The van der Waals surface area contributed by atoms with Gasteiger partial charge in [0, 0.05) is 12.1 Å². The highest BCUT2D eigenvalue weighted by molar-refractivity contribution is 6.31. The summed E-state index contributed by atoms with van der Waals surface area (Å²) in [6, 6.07) is 3.89. The van der Waals surface area contributed by atoms with Gasteiger partial charge in [0.2, 0.25) is 0 Å². The molecule has 0 saturated carbocycles. The second-order valence-corrected chi connectivity index (χ2v) is 6.54. The minimum atomic E-state index is -5.11. The second-order valence-electron chi connectivity index (χ2n) is 6.13. The molecule has 0 atom stereocenters. The SMILES string of the molecule is O=c1n(Cc2ccc([N+](=O)[O-])cc2Cl)nnn1-c1cc(C(F)(F)F)cc(C(F)(F)F)c1. The highest BCUT2D eigenvalue weighted by Gasteiger charge is 2.37. The number of benzene rings is 2. The molecule has 8 nitrogen and oxygen atoms in total. The molecule has 0 spiro atoms. The average molecular weight is 468 g/mol. The first kappa shape index (κ1) is 22.3. The molecule has 0 saturated heterocycles. The average Bonchev–Trinajstić information content (AvgIpc) is 3.02. The monoisotopic (exact) mass is 467 g/mol. The fraction of sp³-hybridized carbons (Fsp3) is 0.188. The van der Waals surface area contributed by atoms with Gasteiger partial charge in [-0.05, 0) is 40.3 Å². The number of alkyl halides is 6. The van der Waals surface area contributed by atoms with Crippen LogP contribution >= 0.6 is 11.6 Å². The highest BCUT2D eigenvalue weighted by atomic mass is 35.5. The number of tetrazole rings is 1. The van der Waals surface area contributed by atoms with Crippen molar-refractivity contribution in [2.24, 2.45) is 0 Å². The maximum Gasteiger partial charge on any atom is 0.416 e. The molecular formula is C16H8ClF6N5O3. The van der Waals surface area contributed by atoms with E-state index in [2.05, 4.69) is 10.4 Å². The van der Waals surface area contributed by atoms with E-state index in [0.29, 0.717) is 16.8 Å². The third-order valence-corrected chi connectivity index (χ3v) is 4.38. The Morgan fingerprint density at radius 3 is 2.03 bits per heavy atom. The standard InChI is InChI=1S/C16H8ClF6N5O3/c17-13-6-11(28(30)31)2-1-8(13)7-26-14(29)27(25-24-26)12-4-9(15(18,19)20)3-10(5-12)16(21,22)23/h1-6H,7H2. The number of aromatic nitrogens is 4. The summed E-state index contributed by atoms with van der Waals surface area (Å²) >= 11 is 5.92. The lowest BCUT2D eigenvalue weighted by molar-refractivity contribution is -0.384. The number of nitro groups is 1. The first-order chi connectivity index (χ1) is 14.3. The van der Waals surface area contributed by atoms with Gasteiger partial charge in [0.15, 0.2) is 0 Å². The van der Waals surface area contributed by atoms with Crippen molar-refractivity contribution in [2.75, 3.05) is 0 Å². The molecule has 1 heterocycles. The number of non-ortho nitro benzene ring substituents is 1. The molecule has 1 aromatic heterocycles. The van der Waals surface area contributed by atoms with Gasteiger partial charge in [-0.3, -0.25) is 10.1 Å². The summed E-state index contributed by atoms with van der Waals surface area (Å²) in [5.74, 6) is 0. The zero-order valence-electron chi connectivity index (χ0n) is 14.8. The van der Waals surface area contributed by atoms with E-state index < -0.39 is 39.8 Å². The number of rotatable bonds is 4. The van der Waals surface area contributed by atoms with Crippen molar-refractivity contribution >= 4 is 17.3 Å². The molecule has 3 aromatic rings.